The molecule has 2 aromatic heterocycles. The lowest BCUT2D eigenvalue weighted by Crippen LogP contribution is -2.13. The minimum Gasteiger partial charge on any atom is -0.503 e. The summed E-state index contributed by atoms with van der Waals surface area (Å²) < 4.78 is 12.0. The molecule has 0 aliphatic rings. The number of nitrogens with zero attached hydrogens (tertiary/aromatic N) is 3. The number of esters is 1. The van der Waals surface area contributed by atoms with Crippen molar-refractivity contribution in [3.8, 4) is 17.1 Å². The van der Waals surface area contributed by atoms with Crippen LogP contribution in [-0.4, -0.2) is 44.4 Å². The highest BCUT2D eigenvalue weighted by atomic mass is 16.7. The van der Waals surface area contributed by atoms with Gasteiger partial charge >= 0.3 is 5.97 Å². The van der Waals surface area contributed by atoms with Gasteiger partial charge in [0, 0.05) is 11.3 Å². The summed E-state index contributed by atoms with van der Waals surface area (Å²) in [6.45, 7) is 1.71. The van der Waals surface area contributed by atoms with Gasteiger partial charge in [0.05, 0.1) is 11.3 Å². The Morgan fingerprint density at radius 3 is 2.79 bits per heavy atom. The smallest absolute Gasteiger partial charge is 0.340 e. The van der Waals surface area contributed by atoms with Crippen LogP contribution >= 0.6 is 0 Å². The van der Waals surface area contributed by atoms with Crippen molar-refractivity contribution in [2.75, 3.05) is 18.8 Å². The number of rotatable bonds is 7. The number of aromatic nitrogens is 4. The molecule has 9 nitrogen and oxygen atoms in total. The number of hydrogen-bond acceptors (Lipinski definition) is 7. The average Bonchev–Trinajstić information content (AvgIpc) is 3.37. The van der Waals surface area contributed by atoms with Gasteiger partial charge in [0.1, 0.15) is 6.73 Å². The maximum Gasteiger partial charge on any atom is 0.340 e. The van der Waals surface area contributed by atoms with Crippen LogP contribution in [0.4, 0.5) is 5.69 Å². The number of hydrogen-bond donors (Lipinski definition) is 3. The third-order valence-corrected chi connectivity index (χ3v) is 5.21. The lowest BCUT2D eigenvalue weighted by Gasteiger charge is -2.09. The highest BCUT2D eigenvalue weighted by Gasteiger charge is 2.14. The second-order valence-corrected chi connectivity index (χ2v) is 7.47. The summed E-state index contributed by atoms with van der Waals surface area (Å²) >= 11 is 0. The summed E-state index contributed by atoms with van der Waals surface area (Å²) in [6, 6.07) is 20.7. The van der Waals surface area contributed by atoms with Gasteiger partial charge in [-0.05, 0) is 42.0 Å². The van der Waals surface area contributed by atoms with Gasteiger partial charge in [-0.2, -0.15) is 0 Å². The summed E-state index contributed by atoms with van der Waals surface area (Å²) in [5.41, 5.74) is 3.01. The Hall–Kier alpha value is -4.37. The second kappa shape index (κ2) is 8.64. The molecule has 0 fully saturated rings. The number of aryl methyl sites for hydroxylation is 1. The lowest BCUT2D eigenvalue weighted by atomic mass is 10.1. The van der Waals surface area contributed by atoms with Crippen LogP contribution in [0.3, 0.4) is 0 Å². The number of carbonyl (C=O) groups excluding carboxylic acids is 1. The molecule has 0 saturated heterocycles. The first-order valence-corrected chi connectivity index (χ1v) is 10.3. The van der Waals surface area contributed by atoms with Crippen LogP contribution < -0.4 is 5.32 Å². The number of carbonyl (C=O) groups is 1. The zero-order valence-corrected chi connectivity index (χ0v) is 17.8. The number of ether oxygens (including phenoxy) is 2. The molecule has 0 saturated carbocycles. The van der Waals surface area contributed by atoms with Crippen LogP contribution in [0.5, 0.6) is 5.75 Å². The molecule has 9 heteroatoms. The van der Waals surface area contributed by atoms with Crippen LogP contribution in [0.2, 0.25) is 0 Å². The van der Waals surface area contributed by atoms with Gasteiger partial charge in [0.15, 0.2) is 18.4 Å². The normalized spacial score (nSPS) is 11.2. The minimum absolute atomic E-state index is 0.0784. The summed E-state index contributed by atoms with van der Waals surface area (Å²) in [5.74, 6) is 0.114. The SMILES string of the molecule is Cc1[nH]n2nc(-c3cccc(NCOCOC(=O)c4ccc5ccccc5c4)c3)nc2c1O. The summed E-state index contributed by atoms with van der Waals surface area (Å²) in [5, 5.41) is 22.4. The van der Waals surface area contributed by atoms with Crippen molar-refractivity contribution < 1.29 is 19.4 Å². The number of anilines is 1. The standard InChI is InChI=1S/C24H21N5O4/c1-15-21(30)23-26-22(28-29(23)27-15)18-7-4-8-20(12-18)25-13-32-14-33-24(31)19-10-9-16-5-2-3-6-17(16)11-19/h2-12,25,27,30H,13-14H2,1H3. The molecule has 2 heterocycles. The first-order valence-electron chi connectivity index (χ1n) is 10.3. The summed E-state index contributed by atoms with van der Waals surface area (Å²) in [7, 11) is 0. The molecule has 0 spiro atoms. The van der Waals surface area contributed by atoms with Gasteiger partial charge in [-0.15, -0.1) is 9.73 Å². The molecule has 0 unspecified atom stereocenters. The van der Waals surface area contributed by atoms with E-state index in [2.05, 4.69) is 20.5 Å². The number of aromatic hydroxyl groups is 1. The number of H-pyrrole nitrogens is 1. The van der Waals surface area contributed by atoms with E-state index in [1.807, 2.05) is 54.6 Å². The van der Waals surface area contributed by atoms with E-state index >= 15 is 0 Å². The van der Waals surface area contributed by atoms with Crippen molar-refractivity contribution in [3.63, 3.8) is 0 Å². The Kier molecular flexibility index (Phi) is 5.37. The van der Waals surface area contributed by atoms with Gasteiger partial charge in [-0.3, -0.25) is 5.10 Å². The van der Waals surface area contributed by atoms with E-state index in [4.69, 9.17) is 9.47 Å². The molecule has 0 amide bonds. The van der Waals surface area contributed by atoms with Crippen molar-refractivity contribution in [2.24, 2.45) is 0 Å². The molecular weight excluding hydrogens is 422 g/mol. The van der Waals surface area contributed by atoms with Crippen molar-refractivity contribution in [1.82, 2.24) is 19.8 Å². The van der Waals surface area contributed by atoms with Crippen LogP contribution in [0.25, 0.3) is 27.8 Å². The fourth-order valence-corrected chi connectivity index (χ4v) is 3.48. The Morgan fingerprint density at radius 1 is 1.09 bits per heavy atom. The van der Waals surface area contributed by atoms with Crippen LogP contribution in [0.15, 0.2) is 66.7 Å². The largest absolute Gasteiger partial charge is 0.503 e. The van der Waals surface area contributed by atoms with Gasteiger partial charge in [0.25, 0.3) is 0 Å². The molecule has 0 radical (unpaired) electrons. The van der Waals surface area contributed by atoms with Crippen LogP contribution in [0, 0.1) is 6.92 Å². The third kappa shape index (κ3) is 4.21. The van der Waals surface area contributed by atoms with E-state index in [0.29, 0.717) is 22.7 Å². The first-order chi connectivity index (χ1) is 16.1. The highest BCUT2D eigenvalue weighted by Crippen LogP contribution is 2.25. The molecule has 0 atom stereocenters. The van der Waals surface area contributed by atoms with Crippen LogP contribution in [-0.2, 0) is 9.47 Å². The minimum atomic E-state index is -0.442. The molecule has 3 aromatic carbocycles. The summed E-state index contributed by atoms with van der Waals surface area (Å²) in [4.78, 5) is 16.6. The zero-order chi connectivity index (χ0) is 22.8. The highest BCUT2D eigenvalue weighted by molar-refractivity contribution is 5.95. The monoisotopic (exact) mass is 443 g/mol. The maximum absolute atomic E-state index is 12.3. The first kappa shape index (κ1) is 20.5. The predicted octanol–water partition coefficient (Wildman–Crippen LogP) is 4.09. The molecule has 5 rings (SSSR count). The Bertz CT molecular complexity index is 1460. The Labute approximate surface area is 188 Å². The Morgan fingerprint density at radius 2 is 1.94 bits per heavy atom. The lowest BCUT2D eigenvalue weighted by molar-refractivity contribution is -0.0259. The van der Waals surface area contributed by atoms with Gasteiger partial charge in [-0.1, -0.05) is 42.5 Å². The second-order valence-electron chi connectivity index (χ2n) is 7.47. The quantitative estimate of drug-likeness (QED) is 0.197. The molecule has 33 heavy (non-hydrogen) atoms. The van der Waals surface area contributed by atoms with E-state index in [-0.39, 0.29) is 19.3 Å². The number of benzene rings is 3. The fourth-order valence-electron chi connectivity index (χ4n) is 3.48. The van der Waals surface area contributed by atoms with Gasteiger partial charge in [0.2, 0.25) is 5.65 Å². The molecule has 0 bridgehead atoms. The van der Waals surface area contributed by atoms with Crippen molar-refractivity contribution in [2.45, 2.75) is 6.92 Å². The Balaban J connectivity index is 1.14. The fraction of sp³-hybridized carbons (Fsp3) is 0.125. The summed E-state index contributed by atoms with van der Waals surface area (Å²) in [6.07, 6.45) is 0. The molecule has 5 aromatic rings. The molecule has 3 N–H and O–H groups in total. The van der Waals surface area contributed by atoms with Gasteiger partial charge < -0.3 is 19.9 Å². The topological polar surface area (TPSA) is 114 Å². The average molecular weight is 443 g/mol. The van der Waals surface area contributed by atoms with E-state index in [1.165, 1.54) is 4.63 Å². The van der Waals surface area contributed by atoms with Gasteiger partial charge in [-0.25, -0.2) is 9.78 Å². The molecule has 166 valence electrons. The van der Waals surface area contributed by atoms with Crippen molar-refractivity contribution >= 4 is 28.1 Å². The number of nitrogens with one attached hydrogen (secondary N) is 2. The van der Waals surface area contributed by atoms with Crippen LogP contribution in [0.1, 0.15) is 16.1 Å². The van der Waals surface area contributed by atoms with E-state index in [9.17, 15) is 9.90 Å². The van der Waals surface area contributed by atoms with Crippen molar-refractivity contribution in [1.29, 1.82) is 0 Å². The van der Waals surface area contributed by atoms with E-state index in [0.717, 1.165) is 22.0 Å². The third-order valence-electron chi connectivity index (χ3n) is 5.21. The number of aromatic amines is 1. The zero-order valence-electron chi connectivity index (χ0n) is 17.8. The van der Waals surface area contributed by atoms with E-state index < -0.39 is 5.97 Å². The molecular formula is C24H21N5O4. The maximum atomic E-state index is 12.3. The van der Waals surface area contributed by atoms with E-state index in [1.54, 1.807) is 19.1 Å². The molecule has 0 aliphatic carbocycles. The molecule has 0 aliphatic heterocycles. The van der Waals surface area contributed by atoms with Crippen molar-refractivity contribution in [3.05, 3.63) is 78.0 Å². The predicted molar refractivity (Wildman–Crippen MR) is 123 cm³/mol. The number of fused-ring (bicyclic) bond motifs is 2.